The van der Waals surface area contributed by atoms with Gasteiger partial charge in [0.25, 0.3) is 0 Å². The van der Waals surface area contributed by atoms with Gasteiger partial charge in [-0.15, -0.1) is 0 Å². The number of hydrogen-bond acceptors (Lipinski definition) is 8. The molecule has 0 saturated heterocycles. The summed E-state index contributed by atoms with van der Waals surface area (Å²) >= 11 is 0. The molecule has 2 heterocycles. The van der Waals surface area contributed by atoms with Crippen molar-refractivity contribution in [2.45, 2.75) is 27.7 Å². The van der Waals surface area contributed by atoms with Crippen LogP contribution in [0.4, 0.5) is 0 Å². The molecule has 0 unspecified atom stereocenters. The average Bonchev–Trinajstić information content (AvgIpc) is 2.66. The van der Waals surface area contributed by atoms with Crippen molar-refractivity contribution in [1.29, 1.82) is 0 Å². The number of pyridine rings is 2. The third kappa shape index (κ3) is 6.50. The van der Waals surface area contributed by atoms with E-state index in [1.165, 1.54) is 0 Å². The fourth-order valence-corrected chi connectivity index (χ4v) is 2.09. The van der Waals surface area contributed by atoms with Crippen LogP contribution in [-0.2, 0) is 9.68 Å². The number of nitrogens with zero attached hydrogens (tertiary/aromatic N) is 5. The van der Waals surface area contributed by atoms with Crippen LogP contribution in [0.1, 0.15) is 36.6 Å². The number of rotatable bonds is 8. The van der Waals surface area contributed by atoms with E-state index in [9.17, 15) is 0 Å². The summed E-state index contributed by atoms with van der Waals surface area (Å²) in [5.41, 5.74) is 4.72. The Morgan fingerprint density at radius 2 is 1.30 bits per heavy atom. The first-order chi connectivity index (χ1) is 13.0. The molecular formula is C19H23N5O3. The zero-order valence-electron chi connectivity index (χ0n) is 15.9. The van der Waals surface area contributed by atoms with E-state index in [-0.39, 0.29) is 18.9 Å². The number of aryl methyl sites for hydroxylation is 2. The minimum absolute atomic E-state index is 0.0308. The fourth-order valence-electron chi connectivity index (χ4n) is 2.09. The van der Waals surface area contributed by atoms with E-state index in [1.54, 1.807) is 13.8 Å². The van der Waals surface area contributed by atoms with Gasteiger partial charge in [0.1, 0.15) is 17.1 Å². The minimum atomic E-state index is -0.0308. The third-order valence-corrected chi connectivity index (χ3v) is 3.52. The highest BCUT2D eigenvalue weighted by molar-refractivity contribution is 5.97. The van der Waals surface area contributed by atoms with Crippen molar-refractivity contribution in [2.24, 2.45) is 15.5 Å². The van der Waals surface area contributed by atoms with E-state index in [0.29, 0.717) is 11.4 Å². The van der Waals surface area contributed by atoms with Crippen molar-refractivity contribution in [3.8, 4) is 0 Å². The molecule has 0 amide bonds. The molecule has 2 rings (SSSR count). The van der Waals surface area contributed by atoms with Crippen LogP contribution in [0.5, 0.6) is 0 Å². The topological polar surface area (TPSA) is 102 Å². The lowest BCUT2D eigenvalue weighted by Crippen LogP contribution is -2.14. The van der Waals surface area contributed by atoms with E-state index < -0.39 is 0 Å². The lowest BCUT2D eigenvalue weighted by Gasteiger charge is -2.05. The summed E-state index contributed by atoms with van der Waals surface area (Å²) < 4.78 is 0. The van der Waals surface area contributed by atoms with Crippen LogP contribution in [-0.4, -0.2) is 45.5 Å². The maximum Gasteiger partial charge on any atom is 0.162 e. The van der Waals surface area contributed by atoms with Crippen molar-refractivity contribution >= 4 is 17.1 Å². The van der Waals surface area contributed by atoms with Gasteiger partial charge in [0.2, 0.25) is 0 Å². The summed E-state index contributed by atoms with van der Waals surface area (Å²) in [4.78, 5) is 19.1. The van der Waals surface area contributed by atoms with E-state index in [4.69, 9.17) is 14.9 Å². The maximum atomic E-state index is 9.07. The molecule has 0 aliphatic heterocycles. The Kier molecular flexibility index (Phi) is 7.42. The molecule has 2 aromatic heterocycles. The van der Waals surface area contributed by atoms with Crippen molar-refractivity contribution < 1.29 is 14.9 Å². The third-order valence-electron chi connectivity index (χ3n) is 3.52. The van der Waals surface area contributed by atoms with Gasteiger partial charge in [-0.05, 0) is 52.0 Å². The maximum absolute atomic E-state index is 9.07. The van der Waals surface area contributed by atoms with E-state index >= 15 is 0 Å². The molecule has 8 heteroatoms. The molecular weight excluding hydrogens is 346 g/mol. The standard InChI is InChI=1S/C19H23N5O3/c1-13-7-5-9-18(20-13)15(3)23-26-11-17(22-25)12-27-24-16(4)19-10-6-8-14(2)21-19/h5-10,25H,11-12H2,1-4H3/b23-15-,24-16-. The van der Waals surface area contributed by atoms with Gasteiger partial charge in [-0.3, -0.25) is 9.97 Å². The molecule has 8 nitrogen and oxygen atoms in total. The van der Waals surface area contributed by atoms with Gasteiger partial charge in [-0.2, -0.15) is 0 Å². The highest BCUT2D eigenvalue weighted by atomic mass is 16.6. The molecule has 0 aromatic carbocycles. The molecule has 0 saturated carbocycles. The summed E-state index contributed by atoms with van der Waals surface area (Å²) in [6.07, 6.45) is 0. The molecule has 0 spiro atoms. The predicted molar refractivity (Wildman–Crippen MR) is 103 cm³/mol. The van der Waals surface area contributed by atoms with Gasteiger partial charge in [-0.1, -0.05) is 27.6 Å². The zero-order valence-corrected chi connectivity index (χ0v) is 15.9. The summed E-state index contributed by atoms with van der Waals surface area (Å²) in [5.74, 6) is 0. The van der Waals surface area contributed by atoms with E-state index in [0.717, 1.165) is 22.8 Å². The second-order valence-electron chi connectivity index (χ2n) is 5.89. The SMILES string of the molecule is C/C(=N/OCC(CO/N=C(/C)c1cccc(C)n1)=NO)c1cccc(C)n1. The quantitative estimate of drug-likeness (QED) is 0.438. The second kappa shape index (κ2) is 10.0. The van der Waals surface area contributed by atoms with Gasteiger partial charge in [0.05, 0.1) is 11.4 Å². The molecule has 0 radical (unpaired) electrons. The van der Waals surface area contributed by atoms with Crippen LogP contribution >= 0.6 is 0 Å². The zero-order chi connectivity index (χ0) is 19.6. The Morgan fingerprint density at radius 1 is 0.852 bits per heavy atom. The first-order valence-corrected chi connectivity index (χ1v) is 8.40. The lowest BCUT2D eigenvalue weighted by molar-refractivity contribution is 0.152. The van der Waals surface area contributed by atoms with E-state index in [1.807, 2.05) is 50.2 Å². The first-order valence-electron chi connectivity index (χ1n) is 8.40. The highest BCUT2D eigenvalue weighted by Crippen LogP contribution is 2.02. The Balaban J connectivity index is 1.85. The average molecular weight is 369 g/mol. The molecule has 0 bridgehead atoms. The number of hydrogen-bond donors (Lipinski definition) is 1. The van der Waals surface area contributed by atoms with Crippen molar-refractivity contribution in [2.75, 3.05) is 13.2 Å². The highest BCUT2D eigenvalue weighted by Gasteiger charge is 2.05. The summed E-state index contributed by atoms with van der Waals surface area (Å²) in [7, 11) is 0. The number of oxime groups is 3. The van der Waals surface area contributed by atoms with Crippen LogP contribution in [0.15, 0.2) is 51.9 Å². The molecule has 0 aliphatic carbocycles. The normalized spacial score (nSPS) is 11.9. The Labute approximate surface area is 158 Å². The molecule has 0 fully saturated rings. The van der Waals surface area contributed by atoms with Crippen LogP contribution in [0.2, 0.25) is 0 Å². The monoisotopic (exact) mass is 369 g/mol. The van der Waals surface area contributed by atoms with Crippen LogP contribution in [0, 0.1) is 13.8 Å². The van der Waals surface area contributed by atoms with Gasteiger partial charge in [-0.25, -0.2) is 0 Å². The Morgan fingerprint density at radius 3 is 1.67 bits per heavy atom. The van der Waals surface area contributed by atoms with Crippen LogP contribution < -0.4 is 0 Å². The van der Waals surface area contributed by atoms with Gasteiger partial charge < -0.3 is 14.9 Å². The lowest BCUT2D eigenvalue weighted by atomic mass is 10.2. The van der Waals surface area contributed by atoms with E-state index in [2.05, 4.69) is 25.4 Å². The fraction of sp³-hybridized carbons (Fsp3) is 0.316. The summed E-state index contributed by atoms with van der Waals surface area (Å²) in [6.45, 7) is 7.32. The summed E-state index contributed by atoms with van der Waals surface area (Å²) in [6, 6.07) is 11.3. The van der Waals surface area contributed by atoms with Crippen molar-refractivity contribution in [3.63, 3.8) is 0 Å². The molecule has 0 atom stereocenters. The predicted octanol–water partition coefficient (Wildman–Crippen LogP) is 3.11. The molecule has 2 aromatic rings. The van der Waals surface area contributed by atoms with Gasteiger partial charge in [0.15, 0.2) is 13.2 Å². The molecule has 1 N–H and O–H groups in total. The second-order valence-corrected chi connectivity index (χ2v) is 5.89. The van der Waals surface area contributed by atoms with Gasteiger partial charge in [0, 0.05) is 11.4 Å². The number of aromatic nitrogens is 2. The first kappa shape index (κ1) is 20.0. The molecule has 142 valence electrons. The van der Waals surface area contributed by atoms with Crippen LogP contribution in [0.3, 0.4) is 0 Å². The van der Waals surface area contributed by atoms with Crippen molar-refractivity contribution in [1.82, 2.24) is 9.97 Å². The smallest absolute Gasteiger partial charge is 0.162 e. The molecule has 0 aliphatic rings. The van der Waals surface area contributed by atoms with Crippen molar-refractivity contribution in [3.05, 3.63) is 59.2 Å². The van der Waals surface area contributed by atoms with Crippen LogP contribution in [0.25, 0.3) is 0 Å². The molecule has 27 heavy (non-hydrogen) atoms. The Hall–Kier alpha value is -3.29. The largest absolute Gasteiger partial charge is 0.411 e. The summed E-state index contributed by atoms with van der Waals surface area (Å²) in [5, 5.41) is 20.2. The Bertz CT molecular complexity index is 794. The minimum Gasteiger partial charge on any atom is -0.411 e. The van der Waals surface area contributed by atoms with Gasteiger partial charge >= 0.3 is 0 Å².